The van der Waals surface area contributed by atoms with E-state index in [9.17, 15) is 14.9 Å². The van der Waals surface area contributed by atoms with E-state index in [1.54, 1.807) is 11.9 Å². The van der Waals surface area contributed by atoms with Gasteiger partial charge < -0.3 is 19.1 Å². The third-order valence-corrected chi connectivity index (χ3v) is 4.05. The summed E-state index contributed by atoms with van der Waals surface area (Å²) in [6.07, 6.45) is -0.254. The largest absolute Gasteiger partial charge is 0.486 e. The number of rotatable bonds is 5. The van der Waals surface area contributed by atoms with Crippen LogP contribution in [0.25, 0.3) is 0 Å². The maximum atomic E-state index is 12.0. The molecule has 0 aliphatic carbocycles. The lowest BCUT2D eigenvalue weighted by Gasteiger charge is -2.31. The van der Waals surface area contributed by atoms with Crippen molar-refractivity contribution in [1.82, 2.24) is 0 Å². The Morgan fingerprint density at radius 1 is 1.31 bits per heavy atom. The SMILES string of the molecule is COC(=O)c1cc([N+](=O)[O-])ccc1N(C)C[C@@H]1COc2ccccc2O1. The van der Waals surface area contributed by atoms with Crippen molar-refractivity contribution >= 4 is 17.3 Å². The van der Waals surface area contributed by atoms with E-state index in [0.717, 1.165) is 0 Å². The maximum Gasteiger partial charge on any atom is 0.340 e. The number of hydrogen-bond acceptors (Lipinski definition) is 7. The first-order chi connectivity index (χ1) is 12.5. The topological polar surface area (TPSA) is 91.1 Å². The molecule has 1 aliphatic heterocycles. The number of ether oxygens (including phenoxy) is 3. The van der Waals surface area contributed by atoms with Gasteiger partial charge in [-0.1, -0.05) is 12.1 Å². The minimum atomic E-state index is -0.637. The molecule has 1 heterocycles. The standard InChI is InChI=1S/C18H18N2O6/c1-19(10-13-11-25-16-5-3-4-6-17(16)26-13)15-8-7-12(20(22)23)9-14(15)18(21)24-2/h3-9,13H,10-11H2,1-2H3/t13-/m1/s1. The van der Waals surface area contributed by atoms with Crippen LogP contribution in [0.15, 0.2) is 42.5 Å². The summed E-state index contributed by atoms with van der Waals surface area (Å²) in [5.41, 5.74) is 0.472. The number of carbonyl (C=O) groups excluding carboxylic acids is 1. The summed E-state index contributed by atoms with van der Waals surface area (Å²) < 4.78 is 16.4. The number of nitro groups is 1. The molecule has 0 unspecified atom stereocenters. The van der Waals surface area contributed by atoms with Gasteiger partial charge in [-0.05, 0) is 18.2 Å². The molecule has 8 heteroatoms. The highest BCUT2D eigenvalue weighted by molar-refractivity contribution is 5.96. The Hall–Kier alpha value is -3.29. The van der Waals surface area contributed by atoms with Crippen molar-refractivity contribution in [2.24, 2.45) is 0 Å². The van der Waals surface area contributed by atoms with E-state index in [-0.39, 0.29) is 17.4 Å². The van der Waals surface area contributed by atoms with Gasteiger partial charge in [0.15, 0.2) is 17.6 Å². The van der Waals surface area contributed by atoms with Gasteiger partial charge in [0.05, 0.1) is 29.8 Å². The van der Waals surface area contributed by atoms with Gasteiger partial charge in [0.25, 0.3) is 5.69 Å². The van der Waals surface area contributed by atoms with Gasteiger partial charge in [0, 0.05) is 19.2 Å². The Morgan fingerprint density at radius 2 is 2.04 bits per heavy atom. The first kappa shape index (κ1) is 17.5. The fourth-order valence-electron chi connectivity index (χ4n) is 2.80. The number of carbonyl (C=O) groups is 1. The molecule has 0 radical (unpaired) electrons. The van der Waals surface area contributed by atoms with Gasteiger partial charge in [-0.3, -0.25) is 10.1 Å². The predicted octanol–water partition coefficient (Wildman–Crippen LogP) is 2.66. The molecule has 0 saturated heterocycles. The number of hydrogen-bond donors (Lipinski definition) is 0. The Labute approximate surface area is 150 Å². The molecule has 0 spiro atoms. The number of non-ortho nitro benzene ring substituents is 1. The molecule has 1 aliphatic rings. The molecule has 0 aromatic heterocycles. The summed E-state index contributed by atoms with van der Waals surface area (Å²) in [4.78, 5) is 24.3. The van der Waals surface area contributed by atoms with Gasteiger partial charge in [-0.15, -0.1) is 0 Å². The fraction of sp³-hybridized carbons (Fsp3) is 0.278. The summed E-state index contributed by atoms with van der Waals surface area (Å²) in [5, 5.41) is 11.0. The van der Waals surface area contributed by atoms with Crippen molar-refractivity contribution < 1.29 is 23.9 Å². The number of nitrogens with zero attached hydrogens (tertiary/aromatic N) is 2. The molecule has 0 amide bonds. The van der Waals surface area contributed by atoms with Gasteiger partial charge in [-0.25, -0.2) is 4.79 Å². The Bertz CT molecular complexity index is 838. The van der Waals surface area contributed by atoms with Crippen LogP contribution in [-0.4, -0.2) is 44.3 Å². The third-order valence-electron chi connectivity index (χ3n) is 4.05. The van der Waals surface area contributed by atoms with Crippen LogP contribution in [-0.2, 0) is 4.74 Å². The molecule has 0 bridgehead atoms. The fourth-order valence-corrected chi connectivity index (χ4v) is 2.80. The van der Waals surface area contributed by atoms with E-state index in [1.165, 1.54) is 25.3 Å². The van der Waals surface area contributed by atoms with Gasteiger partial charge in [0.2, 0.25) is 0 Å². The van der Waals surface area contributed by atoms with E-state index in [0.29, 0.717) is 30.3 Å². The van der Waals surface area contributed by atoms with Crippen LogP contribution in [0.3, 0.4) is 0 Å². The lowest BCUT2D eigenvalue weighted by Crippen LogP contribution is -2.40. The number of nitro benzene ring substituents is 1. The number of fused-ring (bicyclic) bond motifs is 1. The summed E-state index contributed by atoms with van der Waals surface area (Å²) >= 11 is 0. The maximum absolute atomic E-state index is 12.0. The molecular formula is C18H18N2O6. The number of esters is 1. The molecule has 0 fully saturated rings. The minimum Gasteiger partial charge on any atom is -0.486 e. The van der Waals surface area contributed by atoms with Crippen molar-refractivity contribution in [2.45, 2.75) is 6.10 Å². The predicted molar refractivity (Wildman–Crippen MR) is 94.1 cm³/mol. The highest BCUT2D eigenvalue weighted by Gasteiger charge is 2.25. The number of methoxy groups -OCH3 is 1. The molecule has 2 aromatic rings. The van der Waals surface area contributed by atoms with E-state index in [1.807, 2.05) is 24.3 Å². The molecule has 8 nitrogen and oxygen atoms in total. The van der Waals surface area contributed by atoms with E-state index in [2.05, 4.69) is 0 Å². The van der Waals surface area contributed by atoms with Crippen molar-refractivity contribution in [1.29, 1.82) is 0 Å². The van der Waals surface area contributed by atoms with Crippen molar-refractivity contribution in [3.05, 3.63) is 58.1 Å². The quantitative estimate of drug-likeness (QED) is 0.461. The van der Waals surface area contributed by atoms with E-state index < -0.39 is 10.9 Å². The first-order valence-corrected chi connectivity index (χ1v) is 7.96. The summed E-state index contributed by atoms with van der Waals surface area (Å²) in [6.45, 7) is 0.790. The lowest BCUT2D eigenvalue weighted by atomic mass is 10.1. The minimum absolute atomic E-state index is 0.126. The number of benzene rings is 2. The lowest BCUT2D eigenvalue weighted by molar-refractivity contribution is -0.384. The van der Waals surface area contributed by atoms with E-state index >= 15 is 0 Å². The molecular weight excluding hydrogens is 340 g/mol. The van der Waals surface area contributed by atoms with Gasteiger partial charge in [-0.2, -0.15) is 0 Å². The average molecular weight is 358 g/mol. The van der Waals surface area contributed by atoms with Crippen LogP contribution < -0.4 is 14.4 Å². The summed E-state index contributed by atoms with van der Waals surface area (Å²) in [6, 6.07) is 11.5. The molecule has 136 valence electrons. The zero-order valence-corrected chi connectivity index (χ0v) is 14.4. The second-order valence-corrected chi connectivity index (χ2v) is 5.83. The third kappa shape index (κ3) is 3.53. The van der Waals surface area contributed by atoms with Crippen molar-refractivity contribution in [2.75, 3.05) is 32.2 Å². The molecule has 3 rings (SSSR count). The van der Waals surface area contributed by atoms with Gasteiger partial charge >= 0.3 is 5.97 Å². The average Bonchev–Trinajstić information content (AvgIpc) is 2.66. The smallest absolute Gasteiger partial charge is 0.340 e. The summed E-state index contributed by atoms with van der Waals surface area (Å²) in [7, 11) is 3.01. The molecule has 0 N–H and O–H groups in total. The van der Waals surface area contributed by atoms with Crippen molar-refractivity contribution in [3.8, 4) is 11.5 Å². The van der Waals surface area contributed by atoms with Gasteiger partial charge in [0.1, 0.15) is 6.61 Å². The number of likely N-dealkylation sites (N-methyl/N-ethyl adjacent to an activating group) is 1. The Balaban J connectivity index is 1.80. The van der Waals surface area contributed by atoms with Crippen LogP contribution in [0.4, 0.5) is 11.4 Å². The van der Waals surface area contributed by atoms with Crippen LogP contribution in [0.5, 0.6) is 11.5 Å². The first-order valence-electron chi connectivity index (χ1n) is 7.96. The van der Waals surface area contributed by atoms with Crippen LogP contribution in [0.2, 0.25) is 0 Å². The zero-order chi connectivity index (χ0) is 18.7. The van der Waals surface area contributed by atoms with Crippen LogP contribution >= 0.6 is 0 Å². The molecule has 2 aromatic carbocycles. The second kappa shape index (κ2) is 7.30. The van der Waals surface area contributed by atoms with Crippen molar-refractivity contribution in [3.63, 3.8) is 0 Å². The molecule has 1 atom stereocenters. The zero-order valence-electron chi connectivity index (χ0n) is 14.4. The second-order valence-electron chi connectivity index (χ2n) is 5.83. The Kier molecular flexibility index (Phi) is 4.92. The normalized spacial score (nSPS) is 15.2. The van der Waals surface area contributed by atoms with Crippen LogP contribution in [0, 0.1) is 10.1 Å². The highest BCUT2D eigenvalue weighted by atomic mass is 16.6. The van der Waals surface area contributed by atoms with Crippen LogP contribution in [0.1, 0.15) is 10.4 Å². The monoisotopic (exact) mass is 358 g/mol. The number of anilines is 1. The highest BCUT2D eigenvalue weighted by Crippen LogP contribution is 2.32. The molecule has 0 saturated carbocycles. The van der Waals surface area contributed by atoms with E-state index in [4.69, 9.17) is 14.2 Å². The summed E-state index contributed by atoms with van der Waals surface area (Å²) in [5.74, 6) is 0.715. The Morgan fingerprint density at radius 3 is 2.73 bits per heavy atom. The number of para-hydroxylation sites is 2. The molecule has 26 heavy (non-hydrogen) atoms.